The lowest BCUT2D eigenvalue weighted by molar-refractivity contribution is -0.171. The Balaban J connectivity index is 4.92. The lowest BCUT2D eigenvalue weighted by atomic mass is 9.96. The number of ether oxygens (including phenoxy) is 1. The molecule has 7 heteroatoms. The average molecular weight is 239 g/mol. The number of carboxylic acids is 1. The Morgan fingerprint density at radius 2 is 1.81 bits per heavy atom. The Morgan fingerprint density at radius 3 is 2.06 bits per heavy atom. The number of hydrogen-bond donors (Lipinski definition) is 2. The van der Waals surface area contributed by atoms with Gasteiger partial charge in [-0.25, -0.2) is 18.4 Å². The molecule has 0 aromatic rings. The molecule has 0 amide bonds. The molecule has 3 N–H and O–H groups in total. The summed E-state index contributed by atoms with van der Waals surface area (Å²) in [6.45, 7) is 4.45. The summed E-state index contributed by atoms with van der Waals surface area (Å²) in [7, 11) is 0. The van der Waals surface area contributed by atoms with Crippen LogP contribution in [0.25, 0.3) is 0 Å². The van der Waals surface area contributed by atoms with Gasteiger partial charge in [-0.2, -0.15) is 0 Å². The van der Waals surface area contributed by atoms with E-state index in [1.807, 2.05) is 0 Å². The van der Waals surface area contributed by atoms with Crippen molar-refractivity contribution in [1.82, 2.24) is 0 Å². The molecule has 0 aliphatic rings. The van der Waals surface area contributed by atoms with Gasteiger partial charge in [0.2, 0.25) is 12.0 Å². The van der Waals surface area contributed by atoms with Crippen LogP contribution in [0.3, 0.4) is 0 Å². The number of nitrogens with two attached hydrogens (primary N) is 1. The van der Waals surface area contributed by atoms with Crippen LogP contribution < -0.4 is 5.73 Å². The molecule has 94 valence electrons. The number of aliphatic carboxylic acids is 1. The molecule has 0 saturated carbocycles. The fraction of sp³-hybridized carbons (Fsp3) is 0.778. The number of rotatable bonds is 4. The van der Waals surface area contributed by atoms with E-state index >= 15 is 0 Å². The van der Waals surface area contributed by atoms with Crippen LogP contribution in [-0.2, 0) is 14.3 Å². The molecule has 0 aromatic heterocycles. The lowest BCUT2D eigenvalue weighted by Gasteiger charge is -2.27. The van der Waals surface area contributed by atoms with Gasteiger partial charge in [-0.05, 0) is 20.8 Å². The van der Waals surface area contributed by atoms with Crippen LogP contribution in [0.5, 0.6) is 0 Å². The average Bonchev–Trinajstić information content (AvgIpc) is 1.98. The van der Waals surface area contributed by atoms with Crippen LogP contribution in [0.4, 0.5) is 8.78 Å². The molecule has 16 heavy (non-hydrogen) atoms. The smallest absolute Gasteiger partial charge is 0.338 e. The van der Waals surface area contributed by atoms with E-state index in [1.54, 1.807) is 0 Å². The summed E-state index contributed by atoms with van der Waals surface area (Å²) in [6, 6.07) is 0. The van der Waals surface area contributed by atoms with E-state index in [-0.39, 0.29) is 0 Å². The summed E-state index contributed by atoms with van der Waals surface area (Å²) >= 11 is 0. The summed E-state index contributed by atoms with van der Waals surface area (Å²) in [5.41, 5.74) is 1.44. The molecule has 0 aliphatic heterocycles. The zero-order chi connectivity index (χ0) is 13.1. The number of esters is 1. The number of carboxylic acid groups (broad SMARTS) is 1. The van der Waals surface area contributed by atoms with Gasteiger partial charge in [0, 0.05) is 6.42 Å². The molecule has 0 radical (unpaired) electrons. The predicted octanol–water partition coefficient (Wildman–Crippen LogP) is 0.765. The molecule has 0 heterocycles. The number of carbonyl (C=O) groups excluding carboxylic acids is 1. The second kappa shape index (κ2) is 4.73. The Hall–Kier alpha value is -1.24. The van der Waals surface area contributed by atoms with Crippen molar-refractivity contribution in [2.24, 2.45) is 5.73 Å². The third kappa shape index (κ3) is 4.09. The van der Waals surface area contributed by atoms with E-state index in [0.717, 1.165) is 0 Å². The molecular weight excluding hydrogens is 224 g/mol. The summed E-state index contributed by atoms with van der Waals surface area (Å²) in [4.78, 5) is 22.1. The van der Waals surface area contributed by atoms with Gasteiger partial charge in [-0.15, -0.1) is 0 Å². The second-order valence-electron chi connectivity index (χ2n) is 4.37. The number of alkyl halides is 2. The van der Waals surface area contributed by atoms with Crippen LogP contribution in [0.15, 0.2) is 0 Å². The van der Waals surface area contributed by atoms with Crippen molar-refractivity contribution in [3.8, 4) is 0 Å². The van der Waals surface area contributed by atoms with Gasteiger partial charge in [0.15, 0.2) is 0 Å². The number of hydrogen-bond acceptors (Lipinski definition) is 4. The summed E-state index contributed by atoms with van der Waals surface area (Å²) < 4.78 is 29.0. The number of carbonyl (C=O) groups is 2. The normalized spacial score (nSPS) is 15.7. The maximum atomic E-state index is 12.1. The molecular formula is C9H15F2NO4. The molecule has 1 atom stereocenters. The van der Waals surface area contributed by atoms with Gasteiger partial charge in [0.1, 0.15) is 5.60 Å². The molecule has 5 nitrogen and oxygen atoms in total. The summed E-state index contributed by atoms with van der Waals surface area (Å²) in [5.74, 6) is -3.20. The Bertz CT molecular complexity index is 288. The maximum absolute atomic E-state index is 12.1. The first kappa shape index (κ1) is 14.8. The predicted molar refractivity (Wildman–Crippen MR) is 51.0 cm³/mol. The first-order valence-corrected chi connectivity index (χ1v) is 4.53. The van der Waals surface area contributed by atoms with Crippen LogP contribution in [0, 0.1) is 0 Å². The number of halogens is 2. The quantitative estimate of drug-likeness (QED) is 0.558. The largest absolute Gasteiger partial charge is 0.479 e. The van der Waals surface area contributed by atoms with E-state index in [0.29, 0.717) is 0 Å². The van der Waals surface area contributed by atoms with Gasteiger partial charge in [0.25, 0.3) is 0 Å². The highest BCUT2D eigenvalue weighted by atomic mass is 19.3. The van der Waals surface area contributed by atoms with Crippen molar-refractivity contribution in [2.45, 2.75) is 44.8 Å². The second-order valence-corrected chi connectivity index (χ2v) is 4.37. The monoisotopic (exact) mass is 239 g/mol. The SMILES string of the molecule is CC(C)(C)OC(=O)C(N)(CC(F)F)C(=O)O. The van der Waals surface area contributed by atoms with E-state index in [1.165, 1.54) is 20.8 Å². The molecule has 0 saturated heterocycles. The van der Waals surface area contributed by atoms with Crippen molar-refractivity contribution < 1.29 is 28.2 Å². The zero-order valence-electron chi connectivity index (χ0n) is 9.29. The maximum Gasteiger partial charge on any atom is 0.338 e. The summed E-state index contributed by atoms with van der Waals surface area (Å²) in [6.07, 6.45) is -4.29. The van der Waals surface area contributed by atoms with Crippen molar-refractivity contribution in [1.29, 1.82) is 0 Å². The fourth-order valence-electron chi connectivity index (χ4n) is 0.870. The zero-order valence-corrected chi connectivity index (χ0v) is 9.29. The molecule has 0 spiro atoms. The van der Waals surface area contributed by atoms with E-state index in [4.69, 9.17) is 10.8 Å². The Morgan fingerprint density at radius 1 is 1.38 bits per heavy atom. The molecule has 0 bridgehead atoms. The van der Waals surface area contributed by atoms with E-state index in [2.05, 4.69) is 4.74 Å². The van der Waals surface area contributed by atoms with Crippen LogP contribution >= 0.6 is 0 Å². The van der Waals surface area contributed by atoms with Crippen molar-refractivity contribution >= 4 is 11.9 Å². The highest BCUT2D eigenvalue weighted by molar-refractivity contribution is 6.03. The van der Waals surface area contributed by atoms with Crippen molar-refractivity contribution in [3.63, 3.8) is 0 Å². The molecule has 0 aromatic carbocycles. The Kier molecular flexibility index (Phi) is 4.36. The van der Waals surface area contributed by atoms with Crippen molar-refractivity contribution in [2.75, 3.05) is 0 Å². The highest BCUT2D eigenvalue weighted by Crippen LogP contribution is 2.19. The third-order valence-electron chi connectivity index (χ3n) is 1.62. The fourth-order valence-corrected chi connectivity index (χ4v) is 0.870. The van der Waals surface area contributed by atoms with Crippen LogP contribution in [0.1, 0.15) is 27.2 Å². The first-order valence-electron chi connectivity index (χ1n) is 4.53. The third-order valence-corrected chi connectivity index (χ3v) is 1.62. The topological polar surface area (TPSA) is 89.6 Å². The van der Waals surface area contributed by atoms with Gasteiger partial charge < -0.3 is 15.6 Å². The van der Waals surface area contributed by atoms with Gasteiger partial charge >= 0.3 is 11.9 Å². The minimum absolute atomic E-state index is 0.987. The first-order chi connectivity index (χ1) is 6.99. The molecule has 0 fully saturated rings. The summed E-state index contributed by atoms with van der Waals surface area (Å²) in [5, 5.41) is 8.69. The van der Waals surface area contributed by atoms with E-state index < -0.39 is 35.9 Å². The highest BCUT2D eigenvalue weighted by Gasteiger charge is 2.47. The molecule has 0 aliphatic carbocycles. The minimum Gasteiger partial charge on any atom is -0.479 e. The standard InChI is InChI=1S/C9H15F2NO4/c1-8(2,3)16-7(15)9(12,6(13)14)4-5(10)11/h5H,4,12H2,1-3H3,(H,13,14). The van der Waals surface area contributed by atoms with Crippen LogP contribution in [-0.4, -0.2) is 34.6 Å². The van der Waals surface area contributed by atoms with Gasteiger partial charge in [-0.1, -0.05) is 0 Å². The molecule has 0 rings (SSSR count). The van der Waals surface area contributed by atoms with Gasteiger partial charge in [-0.3, -0.25) is 0 Å². The molecule has 1 unspecified atom stereocenters. The van der Waals surface area contributed by atoms with E-state index in [9.17, 15) is 18.4 Å². The van der Waals surface area contributed by atoms with Crippen LogP contribution in [0.2, 0.25) is 0 Å². The van der Waals surface area contributed by atoms with Crippen molar-refractivity contribution in [3.05, 3.63) is 0 Å². The minimum atomic E-state index is -3.01. The van der Waals surface area contributed by atoms with Gasteiger partial charge in [0.05, 0.1) is 0 Å². The Labute approximate surface area is 91.6 Å². The lowest BCUT2D eigenvalue weighted by Crippen LogP contribution is -2.58.